The molecule has 2 N–H and O–H groups in total. The molecular weight excluding hydrogens is 162 g/mol. The average molecular weight is 179 g/mol. The van der Waals surface area contributed by atoms with Crippen LogP contribution in [0.25, 0.3) is 0 Å². The van der Waals surface area contributed by atoms with Gasteiger partial charge in [-0.05, 0) is 36.8 Å². The Morgan fingerprint density at radius 2 is 2.54 bits per heavy atom. The SMILES string of the molecule is CC(CN)C1CCc2c1cnn2C. The third kappa shape index (κ3) is 1.27. The molecule has 0 saturated heterocycles. The van der Waals surface area contributed by atoms with Crippen LogP contribution >= 0.6 is 0 Å². The molecular formula is C10H17N3. The highest BCUT2D eigenvalue weighted by Crippen LogP contribution is 2.37. The lowest BCUT2D eigenvalue weighted by Gasteiger charge is -2.16. The first kappa shape index (κ1) is 8.75. The summed E-state index contributed by atoms with van der Waals surface area (Å²) < 4.78 is 2.00. The molecule has 0 radical (unpaired) electrons. The van der Waals surface area contributed by atoms with Gasteiger partial charge in [-0.2, -0.15) is 5.10 Å². The minimum Gasteiger partial charge on any atom is -0.330 e. The summed E-state index contributed by atoms with van der Waals surface area (Å²) in [5, 5.41) is 4.28. The zero-order chi connectivity index (χ0) is 9.42. The maximum absolute atomic E-state index is 5.69. The molecule has 1 aliphatic rings. The Labute approximate surface area is 78.9 Å². The largest absolute Gasteiger partial charge is 0.330 e. The van der Waals surface area contributed by atoms with E-state index in [-0.39, 0.29) is 0 Å². The van der Waals surface area contributed by atoms with Crippen molar-refractivity contribution in [2.45, 2.75) is 25.7 Å². The van der Waals surface area contributed by atoms with Gasteiger partial charge in [-0.25, -0.2) is 0 Å². The minimum absolute atomic E-state index is 0.588. The van der Waals surface area contributed by atoms with Crippen molar-refractivity contribution in [2.75, 3.05) is 6.54 Å². The van der Waals surface area contributed by atoms with Crippen molar-refractivity contribution in [1.82, 2.24) is 9.78 Å². The van der Waals surface area contributed by atoms with Gasteiger partial charge in [0.25, 0.3) is 0 Å². The molecule has 2 atom stereocenters. The first-order valence-corrected chi connectivity index (χ1v) is 4.95. The fraction of sp³-hybridized carbons (Fsp3) is 0.700. The molecule has 0 spiro atoms. The van der Waals surface area contributed by atoms with E-state index in [0.29, 0.717) is 11.8 Å². The Kier molecular flexibility index (Phi) is 2.12. The summed E-state index contributed by atoms with van der Waals surface area (Å²) >= 11 is 0. The molecule has 0 bridgehead atoms. The third-order valence-corrected chi connectivity index (χ3v) is 3.24. The number of fused-ring (bicyclic) bond motifs is 1. The zero-order valence-electron chi connectivity index (χ0n) is 8.33. The first-order valence-electron chi connectivity index (χ1n) is 4.95. The molecule has 1 aromatic rings. The molecule has 2 unspecified atom stereocenters. The topological polar surface area (TPSA) is 43.8 Å². The molecule has 0 aliphatic heterocycles. The van der Waals surface area contributed by atoms with Gasteiger partial charge in [-0.1, -0.05) is 6.92 Å². The Morgan fingerprint density at radius 3 is 3.23 bits per heavy atom. The molecule has 1 aliphatic carbocycles. The Morgan fingerprint density at radius 1 is 1.77 bits per heavy atom. The van der Waals surface area contributed by atoms with Gasteiger partial charge in [-0.3, -0.25) is 4.68 Å². The second kappa shape index (κ2) is 3.14. The van der Waals surface area contributed by atoms with E-state index in [1.807, 2.05) is 17.9 Å². The van der Waals surface area contributed by atoms with Crippen molar-refractivity contribution in [3.8, 4) is 0 Å². The molecule has 3 nitrogen and oxygen atoms in total. The highest BCUT2D eigenvalue weighted by Gasteiger charge is 2.28. The molecule has 1 heterocycles. The number of rotatable bonds is 2. The molecule has 0 aromatic carbocycles. The van der Waals surface area contributed by atoms with Gasteiger partial charge < -0.3 is 5.73 Å². The van der Waals surface area contributed by atoms with Gasteiger partial charge in [0.05, 0.1) is 6.20 Å². The van der Waals surface area contributed by atoms with Crippen molar-refractivity contribution in [1.29, 1.82) is 0 Å². The van der Waals surface area contributed by atoms with Crippen LogP contribution in [0.5, 0.6) is 0 Å². The molecule has 1 aromatic heterocycles. The van der Waals surface area contributed by atoms with Crippen LogP contribution in [-0.2, 0) is 13.5 Å². The van der Waals surface area contributed by atoms with E-state index in [0.717, 1.165) is 6.54 Å². The van der Waals surface area contributed by atoms with Gasteiger partial charge >= 0.3 is 0 Å². The maximum Gasteiger partial charge on any atom is 0.0527 e. The smallest absolute Gasteiger partial charge is 0.0527 e. The van der Waals surface area contributed by atoms with E-state index in [4.69, 9.17) is 5.73 Å². The molecule has 2 rings (SSSR count). The van der Waals surface area contributed by atoms with E-state index in [1.165, 1.54) is 24.1 Å². The van der Waals surface area contributed by atoms with E-state index in [9.17, 15) is 0 Å². The van der Waals surface area contributed by atoms with Crippen LogP contribution in [0.2, 0.25) is 0 Å². The number of aromatic nitrogens is 2. The van der Waals surface area contributed by atoms with Crippen molar-refractivity contribution >= 4 is 0 Å². The lowest BCUT2D eigenvalue weighted by atomic mass is 9.90. The lowest BCUT2D eigenvalue weighted by molar-refractivity contribution is 0.464. The van der Waals surface area contributed by atoms with Crippen molar-refractivity contribution in [2.24, 2.45) is 18.7 Å². The zero-order valence-corrected chi connectivity index (χ0v) is 8.33. The summed E-state index contributed by atoms with van der Waals surface area (Å²) in [5.74, 6) is 1.24. The number of hydrogen-bond donors (Lipinski definition) is 1. The minimum atomic E-state index is 0.588. The van der Waals surface area contributed by atoms with Crippen LogP contribution in [0.15, 0.2) is 6.20 Å². The van der Waals surface area contributed by atoms with Crippen molar-refractivity contribution < 1.29 is 0 Å². The second-order valence-corrected chi connectivity index (χ2v) is 4.03. The standard InChI is InChI=1S/C10H17N3/c1-7(5-11)8-3-4-10-9(8)6-12-13(10)2/h6-8H,3-5,11H2,1-2H3. The molecule has 0 saturated carbocycles. The quantitative estimate of drug-likeness (QED) is 0.737. The van der Waals surface area contributed by atoms with Gasteiger partial charge in [0.1, 0.15) is 0 Å². The number of aryl methyl sites for hydroxylation is 1. The van der Waals surface area contributed by atoms with E-state index in [2.05, 4.69) is 12.0 Å². The van der Waals surface area contributed by atoms with Crippen LogP contribution in [0.4, 0.5) is 0 Å². The summed E-state index contributed by atoms with van der Waals surface area (Å²) in [4.78, 5) is 0. The summed E-state index contributed by atoms with van der Waals surface area (Å²) in [6, 6.07) is 0. The molecule has 0 fully saturated rings. The summed E-state index contributed by atoms with van der Waals surface area (Å²) in [6.45, 7) is 3.01. The van der Waals surface area contributed by atoms with Crippen LogP contribution in [0, 0.1) is 5.92 Å². The Hall–Kier alpha value is -0.830. The van der Waals surface area contributed by atoms with Crippen LogP contribution in [0.1, 0.15) is 30.5 Å². The molecule has 72 valence electrons. The summed E-state index contributed by atoms with van der Waals surface area (Å²) in [6.07, 6.45) is 4.43. The second-order valence-electron chi connectivity index (χ2n) is 4.03. The van der Waals surface area contributed by atoms with E-state index >= 15 is 0 Å². The van der Waals surface area contributed by atoms with Crippen LogP contribution in [-0.4, -0.2) is 16.3 Å². The number of nitrogens with two attached hydrogens (primary N) is 1. The van der Waals surface area contributed by atoms with E-state index < -0.39 is 0 Å². The normalized spacial score (nSPS) is 23.2. The fourth-order valence-electron chi connectivity index (χ4n) is 2.30. The van der Waals surface area contributed by atoms with Gasteiger partial charge in [-0.15, -0.1) is 0 Å². The summed E-state index contributed by atoms with van der Waals surface area (Å²) in [7, 11) is 2.02. The Bertz CT molecular complexity index is 303. The Balaban J connectivity index is 2.28. The maximum atomic E-state index is 5.69. The fourth-order valence-corrected chi connectivity index (χ4v) is 2.30. The summed E-state index contributed by atoms with van der Waals surface area (Å²) in [5.41, 5.74) is 8.53. The van der Waals surface area contributed by atoms with Crippen molar-refractivity contribution in [3.63, 3.8) is 0 Å². The highest BCUT2D eigenvalue weighted by molar-refractivity contribution is 5.28. The van der Waals surface area contributed by atoms with Crippen LogP contribution < -0.4 is 5.73 Å². The van der Waals surface area contributed by atoms with Crippen molar-refractivity contribution in [3.05, 3.63) is 17.5 Å². The monoisotopic (exact) mass is 179 g/mol. The van der Waals surface area contributed by atoms with Gasteiger partial charge in [0.15, 0.2) is 0 Å². The third-order valence-electron chi connectivity index (χ3n) is 3.24. The highest BCUT2D eigenvalue weighted by atomic mass is 15.3. The van der Waals surface area contributed by atoms with Gasteiger partial charge in [0, 0.05) is 12.7 Å². The van der Waals surface area contributed by atoms with Gasteiger partial charge in [0.2, 0.25) is 0 Å². The predicted octanol–water partition coefficient (Wildman–Crippen LogP) is 1.04. The first-order chi connectivity index (χ1) is 6.24. The number of hydrogen-bond acceptors (Lipinski definition) is 2. The molecule has 13 heavy (non-hydrogen) atoms. The molecule has 0 amide bonds. The lowest BCUT2D eigenvalue weighted by Crippen LogP contribution is -2.17. The number of nitrogens with zero attached hydrogens (tertiary/aromatic N) is 2. The average Bonchev–Trinajstić information content (AvgIpc) is 2.68. The van der Waals surface area contributed by atoms with Crippen LogP contribution in [0.3, 0.4) is 0 Å². The predicted molar refractivity (Wildman–Crippen MR) is 52.5 cm³/mol. The van der Waals surface area contributed by atoms with E-state index in [1.54, 1.807) is 0 Å². The molecule has 3 heteroatoms.